The number of hydrogen-bond acceptors (Lipinski definition) is 4. The molecule has 2 rings (SSSR count). The van der Waals surface area contributed by atoms with Crippen LogP contribution in [0.15, 0.2) is 53.0 Å². The minimum atomic E-state index is -1.86. The predicted octanol–water partition coefficient (Wildman–Crippen LogP) is 4.90. The minimum Gasteiger partial charge on any atom is -0.362 e. The molecule has 1 amide bonds. The van der Waals surface area contributed by atoms with E-state index in [1.807, 2.05) is 0 Å². The molecule has 2 aromatic carbocycles. The number of non-ortho nitro benzene ring substituents is 1. The highest BCUT2D eigenvalue weighted by Gasteiger charge is 2.34. The van der Waals surface area contributed by atoms with Gasteiger partial charge in [-0.25, -0.2) is 0 Å². The van der Waals surface area contributed by atoms with Crippen molar-refractivity contribution >= 4 is 68.0 Å². The molecule has 25 heavy (non-hydrogen) atoms. The largest absolute Gasteiger partial charge is 0.362 e. The molecule has 0 aliphatic rings. The van der Waals surface area contributed by atoms with Crippen LogP contribution in [0.3, 0.4) is 0 Å². The van der Waals surface area contributed by atoms with Crippen molar-refractivity contribution in [3.63, 3.8) is 0 Å². The zero-order valence-corrected chi connectivity index (χ0v) is 16.2. The SMILES string of the molecule is O=C(N[C@@H](Nc1ccc(Br)cc1)C(Cl)(Cl)Cl)c1cccc([N+](=O)[O-])c1. The third-order valence-electron chi connectivity index (χ3n) is 3.08. The van der Waals surface area contributed by atoms with Gasteiger partial charge in [0, 0.05) is 27.9 Å². The lowest BCUT2D eigenvalue weighted by Crippen LogP contribution is -2.49. The maximum atomic E-state index is 12.4. The first-order valence-corrected chi connectivity index (χ1v) is 8.73. The van der Waals surface area contributed by atoms with Gasteiger partial charge in [0.15, 0.2) is 0 Å². The van der Waals surface area contributed by atoms with Gasteiger partial charge in [0.2, 0.25) is 3.79 Å². The zero-order valence-electron chi connectivity index (χ0n) is 12.4. The van der Waals surface area contributed by atoms with Gasteiger partial charge < -0.3 is 10.6 Å². The summed E-state index contributed by atoms with van der Waals surface area (Å²) in [6, 6.07) is 12.3. The molecule has 0 fully saturated rings. The summed E-state index contributed by atoms with van der Waals surface area (Å²) in [7, 11) is 0. The topological polar surface area (TPSA) is 84.3 Å². The highest BCUT2D eigenvalue weighted by molar-refractivity contribution is 9.10. The predicted molar refractivity (Wildman–Crippen MR) is 102 cm³/mol. The fraction of sp³-hybridized carbons (Fsp3) is 0.133. The van der Waals surface area contributed by atoms with Crippen LogP contribution in [0.2, 0.25) is 0 Å². The Bertz CT molecular complexity index is 782. The number of nitro benzene ring substituents is 1. The summed E-state index contributed by atoms with van der Waals surface area (Å²) in [4.78, 5) is 22.6. The van der Waals surface area contributed by atoms with Crippen LogP contribution in [0.1, 0.15) is 10.4 Å². The van der Waals surface area contributed by atoms with Gasteiger partial charge in [-0.1, -0.05) is 56.8 Å². The second-order valence-electron chi connectivity index (χ2n) is 4.91. The average molecular weight is 468 g/mol. The Kier molecular flexibility index (Phi) is 6.51. The van der Waals surface area contributed by atoms with Gasteiger partial charge in [-0.3, -0.25) is 14.9 Å². The van der Waals surface area contributed by atoms with Crippen LogP contribution in [-0.2, 0) is 0 Å². The molecule has 0 aliphatic carbocycles. The lowest BCUT2D eigenvalue weighted by molar-refractivity contribution is -0.384. The van der Waals surface area contributed by atoms with Crippen LogP contribution in [0, 0.1) is 10.1 Å². The molecule has 0 radical (unpaired) electrons. The van der Waals surface area contributed by atoms with Crippen LogP contribution in [0.5, 0.6) is 0 Å². The molecular weight excluding hydrogens is 456 g/mol. The molecule has 0 aromatic heterocycles. The first-order valence-electron chi connectivity index (χ1n) is 6.81. The molecule has 0 heterocycles. The quantitative estimate of drug-likeness (QED) is 0.284. The summed E-state index contributed by atoms with van der Waals surface area (Å²) in [5.41, 5.74) is 0.476. The summed E-state index contributed by atoms with van der Waals surface area (Å²) >= 11 is 21.1. The third-order valence-corrected chi connectivity index (χ3v) is 4.26. The Hall–Kier alpha value is -1.54. The van der Waals surface area contributed by atoms with Crippen molar-refractivity contribution in [1.29, 1.82) is 0 Å². The van der Waals surface area contributed by atoms with E-state index in [1.165, 1.54) is 18.2 Å². The standard InChI is InChI=1S/C15H11BrCl3N3O3/c16-10-4-6-11(7-5-10)20-14(15(17,18)19)21-13(23)9-2-1-3-12(8-9)22(24)25/h1-8,14,20H,(H,21,23)/t14-/m1/s1. The maximum Gasteiger partial charge on any atom is 0.270 e. The Morgan fingerprint density at radius 3 is 2.36 bits per heavy atom. The van der Waals surface area contributed by atoms with E-state index >= 15 is 0 Å². The summed E-state index contributed by atoms with van der Waals surface area (Å²) in [6.07, 6.45) is -1.06. The molecule has 1 atom stereocenters. The highest BCUT2D eigenvalue weighted by Crippen LogP contribution is 2.31. The van der Waals surface area contributed by atoms with Crippen molar-refractivity contribution in [3.8, 4) is 0 Å². The second kappa shape index (κ2) is 8.23. The molecule has 0 aliphatic heterocycles. The number of nitrogens with zero attached hydrogens (tertiary/aromatic N) is 1. The van der Waals surface area contributed by atoms with E-state index in [-0.39, 0.29) is 11.3 Å². The van der Waals surface area contributed by atoms with Gasteiger partial charge in [0.05, 0.1) is 4.92 Å². The highest BCUT2D eigenvalue weighted by atomic mass is 79.9. The van der Waals surface area contributed by atoms with Gasteiger partial charge >= 0.3 is 0 Å². The smallest absolute Gasteiger partial charge is 0.270 e. The number of carbonyl (C=O) groups excluding carboxylic acids is 1. The molecule has 0 bridgehead atoms. The number of amides is 1. The lowest BCUT2D eigenvalue weighted by Gasteiger charge is -2.27. The summed E-state index contributed by atoms with van der Waals surface area (Å²) < 4.78 is -0.993. The van der Waals surface area contributed by atoms with Gasteiger partial charge in [-0.15, -0.1) is 0 Å². The van der Waals surface area contributed by atoms with Crippen molar-refractivity contribution in [1.82, 2.24) is 5.32 Å². The molecule has 6 nitrogen and oxygen atoms in total. The minimum absolute atomic E-state index is 0.0751. The monoisotopic (exact) mass is 465 g/mol. The molecule has 2 aromatic rings. The number of halogens is 4. The van der Waals surface area contributed by atoms with Crippen molar-refractivity contribution in [2.24, 2.45) is 0 Å². The number of hydrogen-bond donors (Lipinski definition) is 2. The average Bonchev–Trinajstić information content (AvgIpc) is 2.55. The van der Waals surface area contributed by atoms with Crippen LogP contribution in [0.4, 0.5) is 11.4 Å². The molecule has 0 spiro atoms. The zero-order chi connectivity index (χ0) is 18.6. The Morgan fingerprint density at radius 1 is 1.16 bits per heavy atom. The molecule has 2 N–H and O–H groups in total. The van der Waals surface area contributed by atoms with Crippen LogP contribution < -0.4 is 10.6 Å². The second-order valence-corrected chi connectivity index (χ2v) is 8.19. The number of rotatable bonds is 5. The van der Waals surface area contributed by atoms with E-state index in [0.717, 1.165) is 10.5 Å². The molecule has 10 heteroatoms. The van der Waals surface area contributed by atoms with Crippen molar-refractivity contribution in [2.45, 2.75) is 9.96 Å². The van der Waals surface area contributed by atoms with E-state index in [1.54, 1.807) is 24.3 Å². The van der Waals surface area contributed by atoms with Crippen LogP contribution in [-0.4, -0.2) is 20.8 Å². The number of alkyl halides is 3. The third kappa shape index (κ3) is 5.74. The molecular formula is C15H11BrCl3N3O3. The fourth-order valence-corrected chi connectivity index (χ4v) is 2.48. The fourth-order valence-electron chi connectivity index (χ4n) is 1.89. The van der Waals surface area contributed by atoms with E-state index in [0.29, 0.717) is 5.69 Å². The van der Waals surface area contributed by atoms with E-state index in [9.17, 15) is 14.9 Å². The number of nitrogens with one attached hydrogen (secondary N) is 2. The Morgan fingerprint density at radius 2 is 1.80 bits per heavy atom. The van der Waals surface area contributed by atoms with E-state index < -0.39 is 20.8 Å². The Labute approximate surface area is 166 Å². The molecule has 0 saturated carbocycles. The van der Waals surface area contributed by atoms with E-state index in [2.05, 4.69) is 26.6 Å². The van der Waals surface area contributed by atoms with Gasteiger partial charge in [-0.2, -0.15) is 0 Å². The molecule has 132 valence electrons. The van der Waals surface area contributed by atoms with E-state index in [4.69, 9.17) is 34.8 Å². The maximum absolute atomic E-state index is 12.4. The molecule has 0 saturated heterocycles. The van der Waals surface area contributed by atoms with Crippen LogP contribution in [0.25, 0.3) is 0 Å². The summed E-state index contributed by atoms with van der Waals surface area (Å²) in [6.45, 7) is 0. The van der Waals surface area contributed by atoms with Crippen molar-refractivity contribution < 1.29 is 9.72 Å². The van der Waals surface area contributed by atoms with Gasteiger partial charge in [0.25, 0.3) is 11.6 Å². The van der Waals surface area contributed by atoms with Crippen molar-refractivity contribution in [3.05, 3.63) is 68.7 Å². The normalized spacial score (nSPS) is 12.3. The molecule has 0 unspecified atom stereocenters. The number of anilines is 1. The number of benzene rings is 2. The first kappa shape index (κ1) is 19.8. The number of carbonyl (C=O) groups is 1. The summed E-state index contributed by atoms with van der Waals surface area (Å²) in [5, 5.41) is 16.2. The van der Waals surface area contributed by atoms with Crippen LogP contribution >= 0.6 is 50.7 Å². The van der Waals surface area contributed by atoms with Crippen molar-refractivity contribution in [2.75, 3.05) is 5.32 Å². The summed E-state index contributed by atoms with van der Waals surface area (Å²) in [5.74, 6) is -0.621. The first-order chi connectivity index (χ1) is 11.7. The van der Waals surface area contributed by atoms with Gasteiger partial charge in [-0.05, 0) is 30.3 Å². The lowest BCUT2D eigenvalue weighted by atomic mass is 10.2. The van der Waals surface area contributed by atoms with Gasteiger partial charge in [0.1, 0.15) is 6.17 Å². The number of nitro groups is 1. The Balaban J connectivity index is 2.19.